The Hall–Kier alpha value is -1.99. The van der Waals surface area contributed by atoms with Crippen molar-refractivity contribution in [1.82, 2.24) is 10.2 Å². The third-order valence-electron chi connectivity index (χ3n) is 6.10. The third kappa shape index (κ3) is 7.01. The molecule has 174 valence electrons. The Morgan fingerprint density at radius 2 is 1.84 bits per heavy atom. The van der Waals surface area contributed by atoms with Crippen LogP contribution in [0.5, 0.6) is 11.5 Å². The minimum atomic E-state index is 0.289. The van der Waals surface area contributed by atoms with Crippen molar-refractivity contribution < 1.29 is 18.9 Å². The Morgan fingerprint density at radius 3 is 2.52 bits per heavy atom. The van der Waals surface area contributed by atoms with Crippen molar-refractivity contribution in [3.8, 4) is 11.5 Å². The Kier molecular flexibility index (Phi) is 9.75. The van der Waals surface area contributed by atoms with Crippen molar-refractivity contribution in [3.63, 3.8) is 0 Å². The highest BCUT2D eigenvalue weighted by atomic mass is 16.5. The van der Waals surface area contributed by atoms with Gasteiger partial charge in [-0.2, -0.15) is 0 Å². The second-order valence-corrected chi connectivity index (χ2v) is 8.28. The van der Waals surface area contributed by atoms with Crippen LogP contribution in [0.2, 0.25) is 0 Å². The maximum Gasteiger partial charge on any atom is 0.193 e. The normalized spacial score (nSPS) is 18.4. The van der Waals surface area contributed by atoms with Crippen LogP contribution >= 0.6 is 0 Å². The molecular weight excluding hydrogens is 394 g/mol. The van der Waals surface area contributed by atoms with Gasteiger partial charge in [-0.05, 0) is 51.0 Å². The van der Waals surface area contributed by atoms with Gasteiger partial charge in [-0.3, -0.25) is 4.99 Å². The van der Waals surface area contributed by atoms with Crippen LogP contribution in [0.4, 0.5) is 0 Å². The summed E-state index contributed by atoms with van der Waals surface area (Å²) in [7, 11) is 5.28. The fourth-order valence-electron chi connectivity index (χ4n) is 4.36. The quantitative estimate of drug-likeness (QED) is 0.345. The summed E-state index contributed by atoms with van der Waals surface area (Å²) in [4.78, 5) is 6.83. The summed E-state index contributed by atoms with van der Waals surface area (Å²) in [6, 6.07) is 6.10. The highest BCUT2D eigenvalue weighted by Gasteiger charge is 2.23. The highest BCUT2D eigenvalue weighted by Crippen LogP contribution is 2.34. The first-order valence-electron chi connectivity index (χ1n) is 11.6. The number of hydrogen-bond donors (Lipinski definition) is 1. The molecule has 0 radical (unpaired) electrons. The molecule has 31 heavy (non-hydrogen) atoms. The van der Waals surface area contributed by atoms with E-state index in [0.29, 0.717) is 12.6 Å². The number of methoxy groups -OCH3 is 2. The molecule has 0 unspecified atom stereocenters. The first kappa shape index (κ1) is 23.7. The van der Waals surface area contributed by atoms with Gasteiger partial charge in [0.15, 0.2) is 17.5 Å². The van der Waals surface area contributed by atoms with Gasteiger partial charge in [0.25, 0.3) is 0 Å². The van der Waals surface area contributed by atoms with E-state index >= 15 is 0 Å². The molecule has 0 spiro atoms. The van der Waals surface area contributed by atoms with Gasteiger partial charge in [0.05, 0.1) is 19.3 Å². The smallest absolute Gasteiger partial charge is 0.193 e. The molecule has 0 atom stereocenters. The largest absolute Gasteiger partial charge is 0.493 e. The second-order valence-electron chi connectivity index (χ2n) is 8.28. The number of piperidine rings is 1. The first-order chi connectivity index (χ1) is 15.2. The van der Waals surface area contributed by atoms with E-state index in [9.17, 15) is 0 Å². The number of benzene rings is 1. The minimum absolute atomic E-state index is 0.289. The van der Waals surface area contributed by atoms with Crippen molar-refractivity contribution in [3.05, 3.63) is 23.8 Å². The molecule has 2 fully saturated rings. The molecule has 2 aliphatic rings. The summed E-state index contributed by atoms with van der Waals surface area (Å²) in [5.41, 5.74) is 1.10. The van der Waals surface area contributed by atoms with E-state index in [1.165, 1.54) is 12.8 Å². The van der Waals surface area contributed by atoms with Crippen LogP contribution in [-0.2, 0) is 16.0 Å². The SMILES string of the molecule is CN=C(NCc1cccc(OC)c1OC1CCCC1)N1CCC(OCCCOC)CC1. The van der Waals surface area contributed by atoms with Gasteiger partial charge in [0.2, 0.25) is 0 Å². The van der Waals surface area contributed by atoms with E-state index < -0.39 is 0 Å². The molecule has 0 amide bonds. The van der Waals surface area contributed by atoms with Crippen molar-refractivity contribution >= 4 is 5.96 Å². The van der Waals surface area contributed by atoms with Gasteiger partial charge >= 0.3 is 0 Å². The number of nitrogens with one attached hydrogen (secondary N) is 1. The Balaban J connectivity index is 1.53. The van der Waals surface area contributed by atoms with E-state index in [0.717, 1.165) is 81.4 Å². The molecule has 1 heterocycles. The van der Waals surface area contributed by atoms with Gasteiger partial charge in [-0.15, -0.1) is 0 Å². The summed E-state index contributed by atoms with van der Waals surface area (Å²) in [5.74, 6) is 2.59. The molecule has 7 nitrogen and oxygen atoms in total. The van der Waals surface area contributed by atoms with Crippen molar-refractivity contribution in [2.45, 2.75) is 63.7 Å². The fraction of sp³-hybridized carbons (Fsp3) is 0.708. The predicted octanol–water partition coefficient (Wildman–Crippen LogP) is 3.61. The van der Waals surface area contributed by atoms with Crippen molar-refractivity contribution in [1.29, 1.82) is 0 Å². The molecule has 0 aromatic heterocycles. The highest BCUT2D eigenvalue weighted by molar-refractivity contribution is 5.80. The average molecular weight is 434 g/mol. The number of guanidine groups is 1. The van der Waals surface area contributed by atoms with Crippen LogP contribution in [0.1, 0.15) is 50.5 Å². The lowest BCUT2D eigenvalue weighted by Gasteiger charge is -2.34. The lowest BCUT2D eigenvalue weighted by Crippen LogP contribution is -2.46. The van der Waals surface area contributed by atoms with E-state index in [1.807, 2.05) is 19.2 Å². The summed E-state index contributed by atoms with van der Waals surface area (Å²) >= 11 is 0. The summed E-state index contributed by atoms with van der Waals surface area (Å²) < 4.78 is 23.0. The molecule has 1 saturated carbocycles. The number of hydrogen-bond acceptors (Lipinski definition) is 5. The summed E-state index contributed by atoms with van der Waals surface area (Å²) in [6.45, 7) is 4.06. The van der Waals surface area contributed by atoms with Gasteiger partial charge in [-0.1, -0.05) is 12.1 Å². The van der Waals surface area contributed by atoms with Gasteiger partial charge in [0, 0.05) is 52.6 Å². The summed E-state index contributed by atoms with van der Waals surface area (Å²) in [6.07, 6.45) is 8.33. The topological polar surface area (TPSA) is 64.6 Å². The molecule has 1 aliphatic carbocycles. The lowest BCUT2D eigenvalue weighted by molar-refractivity contribution is 0.00989. The number of para-hydroxylation sites is 1. The molecular formula is C24H39N3O4. The summed E-state index contributed by atoms with van der Waals surface area (Å²) in [5, 5.41) is 3.53. The van der Waals surface area contributed by atoms with E-state index in [-0.39, 0.29) is 6.10 Å². The molecule has 3 rings (SSSR count). The van der Waals surface area contributed by atoms with Crippen LogP contribution in [0.3, 0.4) is 0 Å². The Morgan fingerprint density at radius 1 is 1.06 bits per heavy atom. The van der Waals surface area contributed by atoms with Crippen molar-refractivity contribution in [2.24, 2.45) is 4.99 Å². The Bertz CT molecular complexity index is 683. The lowest BCUT2D eigenvalue weighted by atomic mass is 10.1. The second kappa shape index (κ2) is 12.8. The Labute approximate surface area is 187 Å². The van der Waals surface area contributed by atoms with Crippen LogP contribution in [-0.4, -0.2) is 70.6 Å². The number of nitrogens with zero attached hydrogens (tertiary/aromatic N) is 2. The van der Waals surface area contributed by atoms with Crippen LogP contribution in [0.15, 0.2) is 23.2 Å². The van der Waals surface area contributed by atoms with Crippen LogP contribution in [0, 0.1) is 0 Å². The molecule has 1 aromatic rings. The zero-order chi connectivity index (χ0) is 21.9. The fourth-order valence-corrected chi connectivity index (χ4v) is 4.36. The minimum Gasteiger partial charge on any atom is -0.493 e. The van der Waals surface area contributed by atoms with Gasteiger partial charge < -0.3 is 29.2 Å². The van der Waals surface area contributed by atoms with Gasteiger partial charge in [0.1, 0.15) is 0 Å². The molecule has 1 aromatic carbocycles. The predicted molar refractivity (Wildman–Crippen MR) is 123 cm³/mol. The van der Waals surface area contributed by atoms with Crippen molar-refractivity contribution in [2.75, 3.05) is 47.6 Å². The first-order valence-corrected chi connectivity index (χ1v) is 11.6. The molecule has 1 saturated heterocycles. The molecule has 0 bridgehead atoms. The number of likely N-dealkylation sites (tertiary alicyclic amines) is 1. The third-order valence-corrected chi connectivity index (χ3v) is 6.10. The van der Waals surface area contributed by atoms with E-state index in [4.69, 9.17) is 18.9 Å². The van der Waals surface area contributed by atoms with E-state index in [2.05, 4.69) is 21.3 Å². The zero-order valence-corrected chi connectivity index (χ0v) is 19.4. The molecule has 1 aliphatic heterocycles. The monoisotopic (exact) mass is 433 g/mol. The molecule has 1 N–H and O–H groups in total. The van der Waals surface area contributed by atoms with Crippen LogP contribution in [0.25, 0.3) is 0 Å². The zero-order valence-electron chi connectivity index (χ0n) is 19.4. The molecule has 7 heteroatoms. The van der Waals surface area contributed by atoms with Crippen LogP contribution < -0.4 is 14.8 Å². The standard InChI is InChI=1S/C24H39N3O4/c1-25-24(27-14-12-20(13-15-27)30-17-7-16-28-2)26-18-19-8-6-11-22(29-3)23(19)31-21-9-4-5-10-21/h6,8,11,20-21H,4-5,7,9-10,12-18H2,1-3H3,(H,25,26). The maximum absolute atomic E-state index is 6.36. The number of ether oxygens (including phenoxy) is 4. The number of rotatable bonds is 10. The van der Waals surface area contributed by atoms with E-state index in [1.54, 1.807) is 14.2 Å². The average Bonchev–Trinajstić information content (AvgIpc) is 3.32. The van der Waals surface area contributed by atoms with Gasteiger partial charge in [-0.25, -0.2) is 0 Å². The number of aliphatic imine (C=N–C) groups is 1. The maximum atomic E-state index is 6.36.